The van der Waals surface area contributed by atoms with E-state index >= 15 is 0 Å². The van der Waals surface area contributed by atoms with Gasteiger partial charge < -0.3 is 5.11 Å². The van der Waals surface area contributed by atoms with E-state index in [-0.39, 0.29) is 12.1 Å². The Morgan fingerprint density at radius 1 is 1.33 bits per heavy atom. The number of aromatic nitrogens is 3. The lowest BCUT2D eigenvalue weighted by atomic mass is 10.1. The lowest BCUT2D eigenvalue weighted by Crippen LogP contribution is -2.13. The Balaban J connectivity index is 2.24. The van der Waals surface area contributed by atoms with Crippen LogP contribution >= 0.6 is 0 Å². The molecule has 1 heterocycles. The first-order valence-electron chi connectivity index (χ1n) is 5.48. The highest BCUT2D eigenvalue weighted by Crippen LogP contribution is 2.20. The zero-order valence-corrected chi connectivity index (χ0v) is 10.1. The van der Waals surface area contributed by atoms with Gasteiger partial charge in [0.2, 0.25) is 0 Å². The summed E-state index contributed by atoms with van der Waals surface area (Å²) in [5.41, 5.74) is -0.0810. The van der Waals surface area contributed by atoms with Gasteiger partial charge in [0.1, 0.15) is 29.4 Å². The second-order valence-electron chi connectivity index (χ2n) is 4.07. The van der Waals surface area contributed by atoms with E-state index in [2.05, 4.69) is 10.1 Å². The number of rotatable bonds is 3. The van der Waals surface area contributed by atoms with Crippen molar-refractivity contribution in [2.75, 3.05) is 0 Å². The van der Waals surface area contributed by atoms with Crippen molar-refractivity contribution in [3.63, 3.8) is 0 Å². The molecular weight excluding hydrogens is 240 g/mol. The molecule has 0 radical (unpaired) electrons. The lowest BCUT2D eigenvalue weighted by molar-refractivity contribution is 0.145. The topological polar surface area (TPSA) is 50.9 Å². The first-order chi connectivity index (χ1) is 8.47. The second-order valence-corrected chi connectivity index (χ2v) is 4.07. The quantitative estimate of drug-likeness (QED) is 0.909. The number of aryl methyl sites for hydroxylation is 2. The smallest absolute Gasteiger partial charge is 0.147 e. The van der Waals surface area contributed by atoms with Gasteiger partial charge >= 0.3 is 0 Å². The fraction of sp³-hybridized carbons (Fsp3) is 0.333. The van der Waals surface area contributed by atoms with E-state index in [1.54, 1.807) is 13.8 Å². The number of aliphatic hydroxyl groups is 1. The summed E-state index contributed by atoms with van der Waals surface area (Å²) in [6, 6.07) is 2.99. The molecule has 18 heavy (non-hydrogen) atoms. The Morgan fingerprint density at radius 2 is 2.06 bits per heavy atom. The molecule has 1 aromatic heterocycles. The summed E-state index contributed by atoms with van der Waals surface area (Å²) in [6.07, 6.45) is -1.17. The molecule has 0 fully saturated rings. The Bertz CT molecular complexity index is 568. The van der Waals surface area contributed by atoms with Crippen LogP contribution in [-0.2, 0) is 6.54 Å². The van der Waals surface area contributed by atoms with E-state index in [9.17, 15) is 13.9 Å². The normalized spacial score (nSPS) is 12.7. The van der Waals surface area contributed by atoms with Crippen LogP contribution in [0.15, 0.2) is 18.2 Å². The maximum absolute atomic E-state index is 13.5. The van der Waals surface area contributed by atoms with Crippen LogP contribution in [0.4, 0.5) is 8.78 Å². The molecule has 1 aromatic carbocycles. The van der Waals surface area contributed by atoms with E-state index < -0.39 is 17.7 Å². The van der Waals surface area contributed by atoms with Crippen LogP contribution in [0.3, 0.4) is 0 Å². The summed E-state index contributed by atoms with van der Waals surface area (Å²) in [5, 5.41) is 14.0. The van der Waals surface area contributed by atoms with Gasteiger partial charge in [-0.05, 0) is 32.0 Å². The van der Waals surface area contributed by atoms with E-state index in [0.717, 1.165) is 18.2 Å². The first kappa shape index (κ1) is 12.6. The summed E-state index contributed by atoms with van der Waals surface area (Å²) in [7, 11) is 0. The fourth-order valence-electron chi connectivity index (χ4n) is 1.77. The van der Waals surface area contributed by atoms with Gasteiger partial charge in [-0.1, -0.05) is 0 Å². The largest absolute Gasteiger partial charge is 0.386 e. The van der Waals surface area contributed by atoms with Crippen LogP contribution in [0.5, 0.6) is 0 Å². The molecular formula is C12H13F2N3O. The molecule has 1 N–H and O–H groups in total. The molecule has 2 aromatic rings. The van der Waals surface area contributed by atoms with Crippen LogP contribution in [-0.4, -0.2) is 19.9 Å². The molecule has 0 saturated carbocycles. The molecule has 0 aliphatic carbocycles. The van der Waals surface area contributed by atoms with Crippen LogP contribution < -0.4 is 0 Å². The number of nitrogens with zero attached hydrogens (tertiary/aromatic N) is 3. The first-order valence-corrected chi connectivity index (χ1v) is 5.48. The third-order valence-corrected chi connectivity index (χ3v) is 2.63. The van der Waals surface area contributed by atoms with Crippen molar-refractivity contribution in [1.82, 2.24) is 14.8 Å². The molecule has 0 spiro atoms. The molecule has 0 aliphatic heterocycles. The summed E-state index contributed by atoms with van der Waals surface area (Å²) in [4.78, 5) is 4.07. The molecule has 6 heteroatoms. The van der Waals surface area contributed by atoms with Crippen molar-refractivity contribution in [3.05, 3.63) is 47.0 Å². The number of hydrogen-bond donors (Lipinski definition) is 1. The highest BCUT2D eigenvalue weighted by Gasteiger charge is 2.16. The Morgan fingerprint density at radius 3 is 2.67 bits per heavy atom. The SMILES string of the molecule is Cc1nc(C)n(CC(O)c2cc(F)ccc2F)n1. The zero-order chi connectivity index (χ0) is 13.3. The van der Waals surface area contributed by atoms with E-state index in [4.69, 9.17) is 0 Å². The average Bonchev–Trinajstić information content (AvgIpc) is 2.61. The predicted octanol–water partition coefficient (Wildman–Crippen LogP) is 1.91. The van der Waals surface area contributed by atoms with Crippen LogP contribution in [0.1, 0.15) is 23.3 Å². The van der Waals surface area contributed by atoms with Crippen molar-refractivity contribution >= 4 is 0 Å². The molecule has 2 rings (SSSR count). The third-order valence-electron chi connectivity index (χ3n) is 2.63. The summed E-state index contributed by atoms with van der Waals surface area (Å²) >= 11 is 0. The van der Waals surface area contributed by atoms with Gasteiger partial charge in [-0.15, -0.1) is 0 Å². The average molecular weight is 253 g/mol. The van der Waals surface area contributed by atoms with Gasteiger partial charge in [0.05, 0.1) is 6.54 Å². The Labute approximate surface area is 103 Å². The standard InChI is InChI=1S/C12H13F2N3O/c1-7-15-8(2)17(16-7)6-12(18)10-5-9(13)3-4-11(10)14/h3-5,12,18H,6H2,1-2H3. The number of aliphatic hydroxyl groups excluding tert-OH is 1. The van der Waals surface area contributed by atoms with Crippen molar-refractivity contribution < 1.29 is 13.9 Å². The maximum atomic E-state index is 13.5. The number of halogens is 2. The van der Waals surface area contributed by atoms with Gasteiger partial charge in [0, 0.05) is 5.56 Å². The minimum Gasteiger partial charge on any atom is -0.386 e. The molecule has 0 aliphatic rings. The Hall–Kier alpha value is -1.82. The van der Waals surface area contributed by atoms with Gasteiger partial charge in [-0.2, -0.15) is 5.10 Å². The van der Waals surface area contributed by atoms with Crippen LogP contribution in [0.25, 0.3) is 0 Å². The van der Waals surface area contributed by atoms with Crippen LogP contribution in [0, 0.1) is 25.5 Å². The van der Waals surface area contributed by atoms with Crippen LogP contribution in [0.2, 0.25) is 0 Å². The van der Waals surface area contributed by atoms with Gasteiger partial charge in [0.15, 0.2) is 0 Å². The maximum Gasteiger partial charge on any atom is 0.147 e. The highest BCUT2D eigenvalue weighted by atomic mass is 19.1. The molecule has 1 atom stereocenters. The molecule has 0 amide bonds. The monoisotopic (exact) mass is 253 g/mol. The van der Waals surface area contributed by atoms with E-state index in [1.807, 2.05) is 0 Å². The fourth-order valence-corrected chi connectivity index (χ4v) is 1.77. The van der Waals surface area contributed by atoms with Crippen molar-refractivity contribution in [2.45, 2.75) is 26.5 Å². The molecule has 0 saturated heterocycles. The van der Waals surface area contributed by atoms with E-state index in [1.165, 1.54) is 4.68 Å². The summed E-state index contributed by atoms with van der Waals surface area (Å²) in [5.74, 6) is -0.0434. The third kappa shape index (κ3) is 2.53. The summed E-state index contributed by atoms with van der Waals surface area (Å²) < 4.78 is 27.9. The molecule has 4 nitrogen and oxygen atoms in total. The van der Waals surface area contributed by atoms with Gasteiger partial charge in [-0.3, -0.25) is 0 Å². The number of benzene rings is 1. The van der Waals surface area contributed by atoms with E-state index in [0.29, 0.717) is 11.6 Å². The molecule has 96 valence electrons. The molecule has 1 unspecified atom stereocenters. The van der Waals surface area contributed by atoms with Crippen molar-refractivity contribution in [3.8, 4) is 0 Å². The lowest BCUT2D eigenvalue weighted by Gasteiger charge is -2.12. The molecule has 0 bridgehead atoms. The summed E-state index contributed by atoms with van der Waals surface area (Å²) in [6.45, 7) is 3.49. The second kappa shape index (κ2) is 4.81. The minimum absolute atomic E-state index is 0.0348. The Kier molecular flexibility index (Phi) is 3.38. The van der Waals surface area contributed by atoms with Crippen molar-refractivity contribution in [1.29, 1.82) is 0 Å². The predicted molar refractivity (Wildman–Crippen MR) is 60.8 cm³/mol. The van der Waals surface area contributed by atoms with Gasteiger partial charge in [-0.25, -0.2) is 18.4 Å². The zero-order valence-electron chi connectivity index (χ0n) is 10.1. The van der Waals surface area contributed by atoms with Crippen molar-refractivity contribution in [2.24, 2.45) is 0 Å². The minimum atomic E-state index is -1.17. The highest BCUT2D eigenvalue weighted by molar-refractivity contribution is 5.21. The number of hydrogen-bond acceptors (Lipinski definition) is 3. The van der Waals surface area contributed by atoms with Gasteiger partial charge in [0.25, 0.3) is 0 Å².